The number of benzene rings is 1. The van der Waals surface area contributed by atoms with Gasteiger partial charge in [-0.1, -0.05) is 47.6 Å². The van der Waals surface area contributed by atoms with Gasteiger partial charge in [-0.25, -0.2) is 0 Å². The molecule has 0 fully saturated rings. The van der Waals surface area contributed by atoms with Gasteiger partial charge in [-0.05, 0) is 30.5 Å². The number of aliphatic imine (C=N–C) groups is 1. The molecule has 0 amide bonds. The van der Waals surface area contributed by atoms with E-state index in [1.807, 2.05) is 23.9 Å². The van der Waals surface area contributed by atoms with Gasteiger partial charge in [0.2, 0.25) is 0 Å². The summed E-state index contributed by atoms with van der Waals surface area (Å²) in [6, 6.07) is 8.65. The summed E-state index contributed by atoms with van der Waals surface area (Å²) >= 11 is 5.28. The Hall–Kier alpha value is -0.480. The van der Waals surface area contributed by atoms with Gasteiger partial charge >= 0.3 is 0 Å². The van der Waals surface area contributed by atoms with Crippen LogP contribution in [0.5, 0.6) is 0 Å². The summed E-state index contributed by atoms with van der Waals surface area (Å²) < 4.78 is 1.09. The van der Waals surface area contributed by atoms with E-state index in [0.29, 0.717) is 12.0 Å². The molecule has 92 valence electrons. The topological polar surface area (TPSA) is 24.4 Å². The molecule has 1 N–H and O–H groups in total. The molecule has 4 heteroatoms. The van der Waals surface area contributed by atoms with Gasteiger partial charge in [0.25, 0.3) is 0 Å². The number of rotatable bonds is 2. The van der Waals surface area contributed by atoms with E-state index < -0.39 is 0 Å². The minimum Gasteiger partial charge on any atom is -0.335 e. The van der Waals surface area contributed by atoms with Crippen molar-refractivity contribution in [2.24, 2.45) is 10.9 Å². The van der Waals surface area contributed by atoms with Crippen LogP contribution >= 0.6 is 27.7 Å². The van der Waals surface area contributed by atoms with Crippen molar-refractivity contribution in [2.45, 2.75) is 26.3 Å². The quantitative estimate of drug-likeness (QED) is 0.876. The minimum atomic E-state index is 0.464. The van der Waals surface area contributed by atoms with Crippen molar-refractivity contribution in [2.75, 3.05) is 11.1 Å². The molecule has 1 aliphatic rings. The Morgan fingerprint density at radius 3 is 3.00 bits per heavy atom. The first kappa shape index (κ1) is 13.0. The summed E-state index contributed by atoms with van der Waals surface area (Å²) in [4.78, 5) is 4.76. The third-order valence-electron chi connectivity index (χ3n) is 2.78. The molecule has 1 aromatic rings. The van der Waals surface area contributed by atoms with E-state index in [2.05, 4.69) is 47.2 Å². The van der Waals surface area contributed by atoms with Crippen LogP contribution < -0.4 is 5.32 Å². The van der Waals surface area contributed by atoms with Crippen molar-refractivity contribution in [3.8, 4) is 0 Å². The molecule has 1 heterocycles. The molecular weight excluding hydrogens is 296 g/mol. The molecule has 17 heavy (non-hydrogen) atoms. The van der Waals surface area contributed by atoms with Gasteiger partial charge in [-0.3, -0.25) is 4.99 Å². The summed E-state index contributed by atoms with van der Waals surface area (Å²) in [6.07, 6.45) is 1.19. The second-order valence-electron chi connectivity index (χ2n) is 4.52. The summed E-state index contributed by atoms with van der Waals surface area (Å²) in [5, 5.41) is 4.44. The van der Waals surface area contributed by atoms with E-state index in [-0.39, 0.29) is 0 Å². The zero-order chi connectivity index (χ0) is 12.3. The molecule has 1 aliphatic heterocycles. The van der Waals surface area contributed by atoms with Crippen LogP contribution in [0.1, 0.15) is 20.3 Å². The maximum atomic E-state index is 4.76. The predicted molar refractivity (Wildman–Crippen MR) is 80.9 cm³/mol. The van der Waals surface area contributed by atoms with E-state index in [4.69, 9.17) is 4.99 Å². The average Bonchev–Trinajstić information content (AvgIpc) is 2.29. The van der Waals surface area contributed by atoms with Crippen LogP contribution in [0.2, 0.25) is 0 Å². The van der Waals surface area contributed by atoms with Crippen molar-refractivity contribution in [1.29, 1.82) is 0 Å². The Morgan fingerprint density at radius 2 is 2.29 bits per heavy atom. The molecule has 0 aromatic heterocycles. The molecule has 1 atom stereocenters. The zero-order valence-electron chi connectivity index (χ0n) is 10.1. The maximum absolute atomic E-state index is 4.76. The first-order valence-corrected chi connectivity index (χ1v) is 7.66. The summed E-state index contributed by atoms with van der Waals surface area (Å²) in [7, 11) is 0. The third-order valence-corrected chi connectivity index (χ3v) is 4.19. The SMILES string of the molecule is CC(C)C1CCSC(Nc2cccc(Br)c2)=N1. The smallest absolute Gasteiger partial charge is 0.161 e. The lowest BCUT2D eigenvalue weighted by Crippen LogP contribution is -2.23. The van der Waals surface area contributed by atoms with Crippen LogP contribution in [0.25, 0.3) is 0 Å². The molecule has 0 saturated carbocycles. The van der Waals surface area contributed by atoms with E-state index in [1.165, 1.54) is 6.42 Å². The number of thioether (sulfide) groups is 1. The van der Waals surface area contributed by atoms with Gasteiger partial charge in [-0.15, -0.1) is 0 Å². The molecule has 0 spiro atoms. The fourth-order valence-electron chi connectivity index (χ4n) is 1.77. The maximum Gasteiger partial charge on any atom is 0.161 e. The second-order valence-corrected chi connectivity index (χ2v) is 6.52. The normalized spacial score (nSPS) is 20.2. The van der Waals surface area contributed by atoms with E-state index >= 15 is 0 Å². The number of halogens is 1. The van der Waals surface area contributed by atoms with Crippen molar-refractivity contribution in [3.05, 3.63) is 28.7 Å². The van der Waals surface area contributed by atoms with E-state index in [1.54, 1.807) is 0 Å². The average molecular weight is 313 g/mol. The molecule has 2 rings (SSSR count). The van der Waals surface area contributed by atoms with Gasteiger partial charge < -0.3 is 5.32 Å². The standard InChI is InChI=1S/C13H17BrN2S/c1-9(2)12-6-7-17-13(16-12)15-11-5-3-4-10(14)8-11/h3-5,8-9,12H,6-7H2,1-2H3,(H,15,16). The van der Waals surface area contributed by atoms with Crippen LogP contribution in [0.15, 0.2) is 33.7 Å². The van der Waals surface area contributed by atoms with Gasteiger partial charge in [0, 0.05) is 15.9 Å². The number of anilines is 1. The summed E-state index contributed by atoms with van der Waals surface area (Å²) in [6.45, 7) is 4.47. The Morgan fingerprint density at radius 1 is 1.47 bits per heavy atom. The predicted octanol–water partition coefficient (Wildman–Crippen LogP) is 4.38. The van der Waals surface area contributed by atoms with Crippen molar-refractivity contribution < 1.29 is 0 Å². The number of amidine groups is 1. The van der Waals surface area contributed by atoms with Gasteiger partial charge in [-0.2, -0.15) is 0 Å². The van der Waals surface area contributed by atoms with Crippen LogP contribution in [-0.4, -0.2) is 17.0 Å². The number of hydrogen-bond donors (Lipinski definition) is 1. The highest BCUT2D eigenvalue weighted by atomic mass is 79.9. The Balaban J connectivity index is 2.08. The van der Waals surface area contributed by atoms with E-state index in [9.17, 15) is 0 Å². The first-order valence-electron chi connectivity index (χ1n) is 5.88. The fourth-order valence-corrected chi connectivity index (χ4v) is 3.12. The molecule has 0 saturated heterocycles. The van der Waals surface area contributed by atoms with Gasteiger partial charge in [0.1, 0.15) is 0 Å². The highest BCUT2D eigenvalue weighted by Crippen LogP contribution is 2.24. The fraction of sp³-hybridized carbons (Fsp3) is 0.462. The highest BCUT2D eigenvalue weighted by molar-refractivity contribution is 9.10. The number of nitrogens with one attached hydrogen (secondary N) is 1. The largest absolute Gasteiger partial charge is 0.335 e. The summed E-state index contributed by atoms with van der Waals surface area (Å²) in [5.41, 5.74) is 1.09. The van der Waals surface area contributed by atoms with Crippen molar-refractivity contribution >= 4 is 38.5 Å². The molecule has 0 radical (unpaired) electrons. The summed E-state index contributed by atoms with van der Waals surface area (Å²) in [5.74, 6) is 1.78. The zero-order valence-corrected chi connectivity index (χ0v) is 12.5. The lowest BCUT2D eigenvalue weighted by Gasteiger charge is -2.23. The minimum absolute atomic E-state index is 0.464. The van der Waals surface area contributed by atoms with Crippen LogP contribution in [0.3, 0.4) is 0 Å². The lowest BCUT2D eigenvalue weighted by atomic mass is 10.0. The molecule has 0 aliphatic carbocycles. The Bertz CT molecular complexity index is 418. The van der Waals surface area contributed by atoms with Gasteiger partial charge in [0.15, 0.2) is 5.17 Å². The van der Waals surface area contributed by atoms with Crippen LogP contribution in [-0.2, 0) is 0 Å². The van der Waals surface area contributed by atoms with E-state index in [0.717, 1.165) is 21.1 Å². The second kappa shape index (κ2) is 5.91. The number of hydrogen-bond acceptors (Lipinski definition) is 3. The van der Waals surface area contributed by atoms with Crippen molar-refractivity contribution in [1.82, 2.24) is 0 Å². The van der Waals surface area contributed by atoms with Gasteiger partial charge in [0.05, 0.1) is 6.04 Å². The Labute approximate surface area is 115 Å². The molecule has 0 bridgehead atoms. The highest BCUT2D eigenvalue weighted by Gasteiger charge is 2.18. The molecule has 1 unspecified atom stereocenters. The number of nitrogens with zero attached hydrogens (tertiary/aromatic N) is 1. The molecule has 2 nitrogen and oxygen atoms in total. The van der Waals surface area contributed by atoms with Crippen molar-refractivity contribution in [3.63, 3.8) is 0 Å². The van der Waals surface area contributed by atoms with Crippen LogP contribution in [0.4, 0.5) is 5.69 Å². The Kier molecular flexibility index (Phi) is 4.51. The third kappa shape index (κ3) is 3.75. The van der Waals surface area contributed by atoms with Crippen LogP contribution in [0, 0.1) is 5.92 Å². The molecule has 1 aromatic carbocycles. The first-order chi connectivity index (χ1) is 8.15. The monoisotopic (exact) mass is 312 g/mol. The lowest BCUT2D eigenvalue weighted by molar-refractivity contribution is 0.485. The molecular formula is C13H17BrN2S.